The summed E-state index contributed by atoms with van der Waals surface area (Å²) < 4.78 is 6.97. The third kappa shape index (κ3) is 7.71. The zero-order chi connectivity index (χ0) is 32.0. The number of rotatable bonds is 7. The van der Waals surface area contributed by atoms with Crippen LogP contribution in [0.15, 0.2) is 91.4 Å². The van der Waals surface area contributed by atoms with Gasteiger partial charge < -0.3 is 25.3 Å². The lowest BCUT2D eigenvalue weighted by Crippen LogP contribution is -2.51. The summed E-state index contributed by atoms with van der Waals surface area (Å²) in [4.78, 5) is 29.9. The molecule has 0 radical (unpaired) electrons. The number of ether oxygens (including phenoxy) is 1. The summed E-state index contributed by atoms with van der Waals surface area (Å²) in [6.07, 6.45) is 5.41. The molecule has 0 saturated carbocycles. The van der Waals surface area contributed by atoms with Gasteiger partial charge in [0.15, 0.2) is 0 Å². The van der Waals surface area contributed by atoms with E-state index in [2.05, 4.69) is 91.1 Å². The average molecular weight is 654 g/mol. The highest BCUT2D eigenvalue weighted by molar-refractivity contribution is 6.06. The number of para-hydroxylation sites is 1. The number of piperazine rings is 1. The molecule has 0 aliphatic carbocycles. The van der Waals surface area contributed by atoms with Crippen molar-refractivity contribution in [1.29, 1.82) is 0 Å². The maximum atomic E-state index is 13.1. The second-order valence-electron chi connectivity index (χ2n) is 11.4. The maximum absolute atomic E-state index is 13.1. The number of amides is 1. The molecule has 1 unspecified atom stereocenters. The van der Waals surface area contributed by atoms with Gasteiger partial charge in [0.05, 0.1) is 36.2 Å². The van der Waals surface area contributed by atoms with Crippen molar-refractivity contribution in [1.82, 2.24) is 34.5 Å². The SMILES string of the molecule is COc1nn(C)cc1Nc1nccc(-c2c[nH]c3c(NC(=O)C(C)N4CCN(C)CC4)cccc23)n1.Cl.c1ccc2ccccc2c1. The van der Waals surface area contributed by atoms with Crippen molar-refractivity contribution in [2.75, 3.05) is 51.0 Å². The minimum Gasteiger partial charge on any atom is -0.478 e. The van der Waals surface area contributed by atoms with Gasteiger partial charge in [-0.25, -0.2) is 9.97 Å². The molecule has 1 fully saturated rings. The molecule has 3 aromatic heterocycles. The van der Waals surface area contributed by atoms with E-state index in [0.717, 1.165) is 54.0 Å². The van der Waals surface area contributed by atoms with Crippen molar-refractivity contribution in [3.8, 4) is 17.1 Å². The van der Waals surface area contributed by atoms with Crippen molar-refractivity contribution in [3.63, 3.8) is 0 Å². The molecule has 3 N–H and O–H groups in total. The highest BCUT2D eigenvalue weighted by atomic mass is 35.5. The first kappa shape index (κ1) is 33.4. The normalized spacial score (nSPS) is 14.1. The van der Waals surface area contributed by atoms with Crippen LogP contribution in [-0.4, -0.2) is 86.8 Å². The van der Waals surface area contributed by atoms with Gasteiger partial charge in [0, 0.05) is 56.6 Å². The molecule has 3 aromatic carbocycles. The Morgan fingerprint density at radius 2 is 1.60 bits per heavy atom. The van der Waals surface area contributed by atoms with Crippen LogP contribution >= 0.6 is 12.4 Å². The number of H-pyrrole nitrogens is 1. The largest absolute Gasteiger partial charge is 0.478 e. The van der Waals surface area contributed by atoms with Crippen LogP contribution in [0, 0.1) is 0 Å². The van der Waals surface area contributed by atoms with Crippen LogP contribution < -0.4 is 15.4 Å². The van der Waals surface area contributed by atoms with Crippen LogP contribution in [0.5, 0.6) is 5.88 Å². The fourth-order valence-corrected chi connectivity index (χ4v) is 5.61. The molecule has 47 heavy (non-hydrogen) atoms. The van der Waals surface area contributed by atoms with Crippen molar-refractivity contribution in [2.45, 2.75) is 13.0 Å². The van der Waals surface area contributed by atoms with Crippen molar-refractivity contribution in [2.24, 2.45) is 7.05 Å². The smallest absolute Gasteiger partial charge is 0.256 e. The molecule has 1 saturated heterocycles. The molecule has 12 heteroatoms. The van der Waals surface area contributed by atoms with Crippen molar-refractivity contribution in [3.05, 3.63) is 91.4 Å². The van der Waals surface area contributed by atoms with E-state index in [-0.39, 0.29) is 24.4 Å². The Bertz CT molecular complexity index is 1880. The van der Waals surface area contributed by atoms with Crippen LogP contribution in [0.1, 0.15) is 6.92 Å². The van der Waals surface area contributed by atoms with Crippen LogP contribution in [0.2, 0.25) is 0 Å². The van der Waals surface area contributed by atoms with Gasteiger partial charge in [0.25, 0.3) is 5.88 Å². The van der Waals surface area contributed by atoms with Crippen LogP contribution in [0.3, 0.4) is 0 Å². The number of aromatic nitrogens is 5. The quantitative estimate of drug-likeness (QED) is 0.194. The van der Waals surface area contributed by atoms with Gasteiger partial charge >= 0.3 is 0 Å². The van der Waals surface area contributed by atoms with Gasteiger partial charge in [-0.2, -0.15) is 0 Å². The van der Waals surface area contributed by atoms with Gasteiger partial charge in [-0.3, -0.25) is 14.4 Å². The third-order valence-electron chi connectivity index (χ3n) is 8.26. The van der Waals surface area contributed by atoms with E-state index in [1.165, 1.54) is 10.8 Å². The summed E-state index contributed by atoms with van der Waals surface area (Å²) in [5.41, 5.74) is 3.94. The number of aryl methyl sites for hydroxylation is 1. The number of hydrogen-bond acceptors (Lipinski definition) is 8. The van der Waals surface area contributed by atoms with E-state index in [9.17, 15) is 4.79 Å². The number of benzene rings is 3. The molecule has 0 bridgehead atoms. The topological polar surface area (TPSA) is 116 Å². The minimum atomic E-state index is -0.205. The average Bonchev–Trinajstić information content (AvgIpc) is 3.68. The molecule has 0 spiro atoms. The number of carbonyl (C=O) groups is 1. The van der Waals surface area contributed by atoms with Crippen molar-refractivity contribution < 1.29 is 9.53 Å². The van der Waals surface area contributed by atoms with Crippen molar-refractivity contribution >= 4 is 57.3 Å². The van der Waals surface area contributed by atoms with E-state index < -0.39 is 0 Å². The fourth-order valence-electron chi connectivity index (χ4n) is 5.61. The molecular weight excluding hydrogens is 614 g/mol. The second-order valence-corrected chi connectivity index (χ2v) is 11.4. The third-order valence-corrected chi connectivity index (χ3v) is 8.26. The zero-order valence-electron chi connectivity index (χ0n) is 27.0. The lowest BCUT2D eigenvalue weighted by molar-refractivity contribution is -0.121. The van der Waals surface area contributed by atoms with E-state index in [4.69, 9.17) is 9.72 Å². The molecule has 6 aromatic rings. The Hall–Kier alpha value is -4.97. The number of aromatic amines is 1. The minimum absolute atomic E-state index is 0. The maximum Gasteiger partial charge on any atom is 0.256 e. The van der Waals surface area contributed by atoms with Gasteiger partial charge in [-0.1, -0.05) is 60.7 Å². The molecular formula is C35H40ClN9O2. The number of carbonyl (C=O) groups excluding carboxylic acids is 1. The number of fused-ring (bicyclic) bond motifs is 2. The molecule has 1 aliphatic heterocycles. The first-order chi connectivity index (χ1) is 22.4. The number of halogens is 1. The lowest BCUT2D eigenvalue weighted by Gasteiger charge is -2.35. The predicted molar refractivity (Wildman–Crippen MR) is 191 cm³/mol. The Balaban J connectivity index is 0.000000334. The molecule has 1 atom stereocenters. The van der Waals surface area contributed by atoms with E-state index in [0.29, 0.717) is 17.5 Å². The monoisotopic (exact) mass is 653 g/mol. The summed E-state index contributed by atoms with van der Waals surface area (Å²) >= 11 is 0. The number of hydrogen-bond donors (Lipinski definition) is 3. The van der Waals surface area contributed by atoms with Gasteiger partial charge in [-0.05, 0) is 36.9 Å². The molecule has 4 heterocycles. The second kappa shape index (κ2) is 15.1. The Kier molecular flexibility index (Phi) is 10.7. The summed E-state index contributed by atoms with van der Waals surface area (Å²) in [6.45, 7) is 5.68. The van der Waals surface area contributed by atoms with Gasteiger partial charge in [0.1, 0.15) is 5.69 Å². The predicted octanol–water partition coefficient (Wildman–Crippen LogP) is 5.95. The van der Waals surface area contributed by atoms with Crippen LogP contribution in [0.25, 0.3) is 32.9 Å². The molecule has 7 rings (SSSR count). The summed E-state index contributed by atoms with van der Waals surface area (Å²) in [6, 6.07) is 24.2. The van der Waals surface area contributed by atoms with Crippen LogP contribution in [0.4, 0.5) is 17.3 Å². The zero-order valence-corrected chi connectivity index (χ0v) is 27.8. The fraction of sp³-hybridized carbons (Fsp3) is 0.257. The number of nitrogens with one attached hydrogen (secondary N) is 3. The first-order valence-electron chi connectivity index (χ1n) is 15.3. The Morgan fingerprint density at radius 1 is 0.915 bits per heavy atom. The van der Waals surface area contributed by atoms with Gasteiger partial charge in [-0.15, -0.1) is 17.5 Å². The summed E-state index contributed by atoms with van der Waals surface area (Å²) in [5, 5.41) is 14.1. The number of anilines is 3. The number of nitrogens with zero attached hydrogens (tertiary/aromatic N) is 6. The molecule has 11 nitrogen and oxygen atoms in total. The van der Waals surface area contributed by atoms with E-state index in [1.54, 1.807) is 24.2 Å². The van der Waals surface area contributed by atoms with E-state index >= 15 is 0 Å². The highest BCUT2D eigenvalue weighted by Crippen LogP contribution is 2.32. The number of methoxy groups -OCH3 is 1. The molecule has 1 aliphatic rings. The lowest BCUT2D eigenvalue weighted by atomic mass is 10.1. The van der Waals surface area contributed by atoms with Crippen LogP contribution in [-0.2, 0) is 11.8 Å². The molecule has 1 amide bonds. The Morgan fingerprint density at radius 3 is 2.26 bits per heavy atom. The molecule has 244 valence electrons. The number of likely N-dealkylation sites (N-methyl/N-ethyl adjacent to an activating group) is 1. The highest BCUT2D eigenvalue weighted by Gasteiger charge is 2.25. The van der Waals surface area contributed by atoms with Gasteiger partial charge in [0.2, 0.25) is 11.9 Å². The standard InChI is InChI=1S/C25H31N9O2.C10H8.ClH/c1-16(34-12-10-32(2)11-13-34)23(35)28-20-7-5-6-17-18(14-27-22(17)20)19-8-9-26-25(29-19)30-21-15-33(3)31-24(21)36-4;1-2-6-10-8-4-3-7-9(10)5-1;/h5-9,14-16,27H,10-13H2,1-4H3,(H,28,35)(H,26,29,30);1-8H;1H. The summed E-state index contributed by atoms with van der Waals surface area (Å²) in [5.74, 6) is 0.880. The Labute approximate surface area is 280 Å². The van der Waals surface area contributed by atoms with E-state index in [1.807, 2.05) is 44.4 Å². The summed E-state index contributed by atoms with van der Waals surface area (Å²) in [7, 11) is 5.50. The first-order valence-corrected chi connectivity index (χ1v) is 15.3.